The minimum atomic E-state index is -0.572. The predicted octanol–water partition coefficient (Wildman–Crippen LogP) is 2.22. The standard InChI is InChI=1S/C13H23NO2/c1-2-10-7-14(8-10)9-11-5-3-4-6-12(11)13(15)16/h10-12H,2-9H2,1H3,(H,15,16). The zero-order chi connectivity index (χ0) is 11.5. The summed E-state index contributed by atoms with van der Waals surface area (Å²) >= 11 is 0. The van der Waals surface area contributed by atoms with E-state index in [9.17, 15) is 9.90 Å². The summed E-state index contributed by atoms with van der Waals surface area (Å²) in [5.41, 5.74) is 0. The van der Waals surface area contributed by atoms with Gasteiger partial charge in [0.05, 0.1) is 5.92 Å². The minimum Gasteiger partial charge on any atom is -0.481 e. The zero-order valence-electron chi connectivity index (χ0n) is 10.2. The molecule has 1 saturated heterocycles. The van der Waals surface area contributed by atoms with E-state index in [-0.39, 0.29) is 5.92 Å². The maximum absolute atomic E-state index is 11.2. The molecule has 16 heavy (non-hydrogen) atoms. The second-order valence-corrected chi connectivity index (χ2v) is 5.48. The molecule has 0 aromatic heterocycles. The van der Waals surface area contributed by atoms with E-state index in [1.165, 1.54) is 25.9 Å². The molecule has 92 valence electrons. The number of nitrogens with zero attached hydrogens (tertiary/aromatic N) is 1. The third-order valence-electron chi connectivity index (χ3n) is 4.33. The van der Waals surface area contributed by atoms with Crippen LogP contribution in [0.15, 0.2) is 0 Å². The van der Waals surface area contributed by atoms with Gasteiger partial charge >= 0.3 is 5.97 Å². The fourth-order valence-corrected chi connectivity index (χ4v) is 3.17. The van der Waals surface area contributed by atoms with Gasteiger partial charge in [0, 0.05) is 19.6 Å². The molecule has 1 aliphatic carbocycles. The van der Waals surface area contributed by atoms with Crippen molar-refractivity contribution >= 4 is 5.97 Å². The molecule has 2 atom stereocenters. The SMILES string of the molecule is CCC1CN(CC2CCCCC2C(=O)O)C1. The predicted molar refractivity (Wildman–Crippen MR) is 63.3 cm³/mol. The molecule has 2 fully saturated rings. The summed E-state index contributed by atoms with van der Waals surface area (Å²) in [4.78, 5) is 13.6. The van der Waals surface area contributed by atoms with Gasteiger partial charge in [0.2, 0.25) is 0 Å². The monoisotopic (exact) mass is 225 g/mol. The van der Waals surface area contributed by atoms with E-state index < -0.39 is 5.97 Å². The Bertz CT molecular complexity index is 248. The van der Waals surface area contributed by atoms with Crippen molar-refractivity contribution in [2.75, 3.05) is 19.6 Å². The average molecular weight is 225 g/mol. The molecule has 1 heterocycles. The summed E-state index contributed by atoms with van der Waals surface area (Å²) in [5.74, 6) is 0.627. The van der Waals surface area contributed by atoms with E-state index >= 15 is 0 Å². The van der Waals surface area contributed by atoms with Gasteiger partial charge in [0.1, 0.15) is 0 Å². The van der Waals surface area contributed by atoms with Crippen LogP contribution in [0.5, 0.6) is 0 Å². The Hall–Kier alpha value is -0.570. The number of hydrogen-bond donors (Lipinski definition) is 1. The van der Waals surface area contributed by atoms with Crippen molar-refractivity contribution < 1.29 is 9.90 Å². The Morgan fingerprint density at radius 1 is 1.31 bits per heavy atom. The quantitative estimate of drug-likeness (QED) is 0.797. The number of carbonyl (C=O) groups is 1. The van der Waals surface area contributed by atoms with E-state index in [1.54, 1.807) is 0 Å². The molecule has 1 saturated carbocycles. The zero-order valence-corrected chi connectivity index (χ0v) is 10.2. The molecule has 0 spiro atoms. The fraction of sp³-hybridized carbons (Fsp3) is 0.923. The molecule has 2 aliphatic rings. The lowest BCUT2D eigenvalue weighted by Crippen LogP contribution is -2.50. The molecule has 3 heteroatoms. The van der Waals surface area contributed by atoms with E-state index in [0.29, 0.717) is 5.92 Å². The highest BCUT2D eigenvalue weighted by atomic mass is 16.4. The molecule has 3 nitrogen and oxygen atoms in total. The van der Waals surface area contributed by atoms with Crippen LogP contribution in [0.3, 0.4) is 0 Å². The van der Waals surface area contributed by atoms with Gasteiger partial charge in [-0.2, -0.15) is 0 Å². The first-order valence-corrected chi connectivity index (χ1v) is 6.66. The molecule has 0 aromatic carbocycles. The second-order valence-electron chi connectivity index (χ2n) is 5.48. The lowest BCUT2D eigenvalue weighted by molar-refractivity contribution is -0.145. The van der Waals surface area contributed by atoms with Crippen LogP contribution in [-0.2, 0) is 4.79 Å². The van der Waals surface area contributed by atoms with Gasteiger partial charge < -0.3 is 10.0 Å². The van der Waals surface area contributed by atoms with Crippen molar-refractivity contribution in [3.63, 3.8) is 0 Å². The van der Waals surface area contributed by atoms with E-state index in [0.717, 1.165) is 31.7 Å². The molecule has 0 radical (unpaired) electrons. The van der Waals surface area contributed by atoms with Crippen molar-refractivity contribution in [3.8, 4) is 0 Å². The van der Waals surface area contributed by atoms with Crippen LogP contribution in [0.25, 0.3) is 0 Å². The summed E-state index contributed by atoms with van der Waals surface area (Å²) in [6.07, 6.45) is 5.60. The summed E-state index contributed by atoms with van der Waals surface area (Å²) in [7, 11) is 0. The maximum Gasteiger partial charge on any atom is 0.306 e. The first kappa shape index (κ1) is 11.9. The topological polar surface area (TPSA) is 40.5 Å². The smallest absolute Gasteiger partial charge is 0.306 e. The summed E-state index contributed by atoms with van der Waals surface area (Å²) in [5, 5.41) is 9.19. The molecule has 0 aromatic rings. The van der Waals surface area contributed by atoms with Gasteiger partial charge in [0.25, 0.3) is 0 Å². The van der Waals surface area contributed by atoms with E-state index in [1.807, 2.05) is 0 Å². The first-order chi connectivity index (χ1) is 7.70. The highest BCUT2D eigenvalue weighted by Crippen LogP contribution is 2.32. The normalized spacial score (nSPS) is 32.3. The molecular formula is C13H23NO2. The minimum absolute atomic E-state index is 0.0746. The van der Waals surface area contributed by atoms with Crippen molar-refractivity contribution in [2.24, 2.45) is 17.8 Å². The lowest BCUT2D eigenvalue weighted by atomic mass is 9.78. The number of aliphatic carboxylic acids is 1. The van der Waals surface area contributed by atoms with Gasteiger partial charge in [-0.25, -0.2) is 0 Å². The van der Waals surface area contributed by atoms with Crippen LogP contribution in [0.1, 0.15) is 39.0 Å². The van der Waals surface area contributed by atoms with Gasteiger partial charge in [-0.15, -0.1) is 0 Å². The third-order valence-corrected chi connectivity index (χ3v) is 4.33. The molecule has 2 unspecified atom stereocenters. The van der Waals surface area contributed by atoms with Crippen LogP contribution >= 0.6 is 0 Å². The van der Waals surface area contributed by atoms with Crippen molar-refractivity contribution in [2.45, 2.75) is 39.0 Å². The summed E-state index contributed by atoms with van der Waals surface area (Å²) in [6.45, 7) is 5.65. The second kappa shape index (κ2) is 5.17. The van der Waals surface area contributed by atoms with Crippen molar-refractivity contribution in [3.05, 3.63) is 0 Å². The number of carboxylic acids is 1. The molecule has 0 bridgehead atoms. The van der Waals surface area contributed by atoms with Crippen LogP contribution in [0.4, 0.5) is 0 Å². The van der Waals surface area contributed by atoms with E-state index in [2.05, 4.69) is 11.8 Å². The lowest BCUT2D eigenvalue weighted by Gasteiger charge is -2.42. The Morgan fingerprint density at radius 2 is 2.00 bits per heavy atom. The molecule has 1 aliphatic heterocycles. The van der Waals surface area contributed by atoms with Crippen LogP contribution in [-0.4, -0.2) is 35.6 Å². The van der Waals surface area contributed by atoms with Crippen molar-refractivity contribution in [1.29, 1.82) is 0 Å². The third kappa shape index (κ3) is 2.57. The van der Waals surface area contributed by atoms with Gasteiger partial charge in [-0.1, -0.05) is 26.2 Å². The highest BCUT2D eigenvalue weighted by molar-refractivity contribution is 5.70. The Kier molecular flexibility index (Phi) is 3.85. The highest BCUT2D eigenvalue weighted by Gasteiger charge is 2.34. The van der Waals surface area contributed by atoms with Crippen molar-refractivity contribution in [1.82, 2.24) is 4.90 Å². The van der Waals surface area contributed by atoms with Crippen LogP contribution in [0, 0.1) is 17.8 Å². The van der Waals surface area contributed by atoms with E-state index in [4.69, 9.17) is 0 Å². The Labute approximate surface area is 97.8 Å². The number of carboxylic acid groups (broad SMARTS) is 1. The molecule has 0 amide bonds. The molecule has 1 N–H and O–H groups in total. The average Bonchev–Trinajstić information content (AvgIpc) is 2.23. The maximum atomic E-state index is 11.2. The number of rotatable bonds is 4. The van der Waals surface area contributed by atoms with Gasteiger partial charge in [-0.05, 0) is 24.7 Å². The van der Waals surface area contributed by atoms with Crippen LogP contribution in [0.2, 0.25) is 0 Å². The number of likely N-dealkylation sites (tertiary alicyclic amines) is 1. The fourth-order valence-electron chi connectivity index (χ4n) is 3.17. The largest absolute Gasteiger partial charge is 0.481 e. The summed E-state index contributed by atoms with van der Waals surface area (Å²) < 4.78 is 0. The van der Waals surface area contributed by atoms with Gasteiger partial charge in [0.15, 0.2) is 0 Å². The molecular weight excluding hydrogens is 202 g/mol. The Balaban J connectivity index is 1.80. The van der Waals surface area contributed by atoms with Crippen LogP contribution < -0.4 is 0 Å². The Morgan fingerprint density at radius 3 is 2.62 bits per heavy atom. The van der Waals surface area contributed by atoms with Gasteiger partial charge in [-0.3, -0.25) is 4.79 Å². The number of hydrogen-bond acceptors (Lipinski definition) is 2. The first-order valence-electron chi connectivity index (χ1n) is 6.66. The summed E-state index contributed by atoms with van der Waals surface area (Å²) in [6, 6.07) is 0. The molecule has 2 rings (SSSR count).